The van der Waals surface area contributed by atoms with Crippen LogP contribution in [0.4, 0.5) is 0 Å². The lowest BCUT2D eigenvalue weighted by Crippen LogP contribution is -2.63. The van der Waals surface area contributed by atoms with E-state index in [-0.39, 0.29) is 11.8 Å². The molecule has 2 rings (SSSR count). The van der Waals surface area contributed by atoms with Crippen LogP contribution in [-0.4, -0.2) is 35.3 Å². The average molecular weight is 250 g/mol. The van der Waals surface area contributed by atoms with E-state index in [1.807, 2.05) is 0 Å². The van der Waals surface area contributed by atoms with Gasteiger partial charge in [0.05, 0.1) is 5.56 Å². The van der Waals surface area contributed by atoms with Crippen molar-refractivity contribution >= 4 is 11.8 Å². The lowest BCUT2D eigenvalue weighted by Gasteiger charge is -2.41. The van der Waals surface area contributed by atoms with Gasteiger partial charge in [0.25, 0.3) is 5.91 Å². The number of rotatable bonds is 1. The summed E-state index contributed by atoms with van der Waals surface area (Å²) >= 11 is 0. The minimum atomic E-state index is -0.826. The largest absolute Gasteiger partial charge is 0.466 e. The normalized spacial score (nSPS) is 18.7. The molecular weight excluding hydrogens is 232 g/mol. The average Bonchev–Trinajstić information content (AvgIpc) is 2.61. The smallest absolute Gasteiger partial charge is 0.258 e. The van der Waals surface area contributed by atoms with Crippen molar-refractivity contribution in [1.82, 2.24) is 10.2 Å². The Hall–Kier alpha value is -1.78. The molecule has 1 aliphatic rings. The Balaban J connectivity index is 2.33. The molecule has 1 aromatic heterocycles. The molecule has 0 spiro atoms. The maximum absolute atomic E-state index is 12.5. The number of piperazine rings is 1. The second kappa shape index (κ2) is 4.15. The first-order chi connectivity index (χ1) is 8.34. The highest BCUT2D eigenvalue weighted by molar-refractivity contribution is 6.00. The van der Waals surface area contributed by atoms with Crippen LogP contribution in [-0.2, 0) is 4.79 Å². The Bertz CT molecular complexity index is 502. The number of furan rings is 1. The molecule has 1 aliphatic heterocycles. The lowest BCUT2D eigenvalue weighted by molar-refractivity contribution is -0.133. The number of nitrogens with zero attached hydrogens (tertiary/aromatic N) is 1. The van der Waals surface area contributed by atoms with Gasteiger partial charge in [-0.2, -0.15) is 0 Å². The Morgan fingerprint density at radius 2 is 2.11 bits per heavy atom. The molecule has 0 saturated carbocycles. The third-order valence-corrected chi connectivity index (χ3v) is 3.37. The van der Waals surface area contributed by atoms with Crippen LogP contribution in [0.15, 0.2) is 10.5 Å². The summed E-state index contributed by atoms with van der Waals surface area (Å²) < 4.78 is 5.37. The maximum atomic E-state index is 12.5. The zero-order valence-corrected chi connectivity index (χ0v) is 11.2. The van der Waals surface area contributed by atoms with E-state index < -0.39 is 5.54 Å². The van der Waals surface area contributed by atoms with Crippen LogP contribution >= 0.6 is 0 Å². The summed E-state index contributed by atoms with van der Waals surface area (Å²) in [5.74, 6) is 1.03. The van der Waals surface area contributed by atoms with Gasteiger partial charge in [-0.15, -0.1) is 0 Å². The van der Waals surface area contributed by atoms with Crippen LogP contribution in [0.2, 0.25) is 0 Å². The van der Waals surface area contributed by atoms with Gasteiger partial charge in [0.1, 0.15) is 17.1 Å². The number of hydrogen-bond donors (Lipinski definition) is 1. The molecule has 0 bridgehead atoms. The fraction of sp³-hybridized carbons (Fsp3) is 0.538. The summed E-state index contributed by atoms with van der Waals surface area (Å²) in [6, 6.07) is 1.72. The first-order valence-corrected chi connectivity index (χ1v) is 6.01. The molecule has 98 valence electrons. The summed E-state index contributed by atoms with van der Waals surface area (Å²) in [6.45, 7) is 8.07. The molecule has 5 heteroatoms. The first-order valence-electron chi connectivity index (χ1n) is 6.01. The topological polar surface area (TPSA) is 62.6 Å². The number of nitrogens with one attached hydrogen (secondary N) is 1. The molecule has 1 fully saturated rings. The van der Waals surface area contributed by atoms with E-state index >= 15 is 0 Å². The van der Waals surface area contributed by atoms with Crippen LogP contribution in [0.5, 0.6) is 0 Å². The molecule has 0 aromatic carbocycles. The predicted molar refractivity (Wildman–Crippen MR) is 66.3 cm³/mol. The Morgan fingerprint density at radius 1 is 1.44 bits per heavy atom. The SMILES string of the molecule is Cc1cc(C(=O)N2CCNC(=O)C2(C)C)c(C)o1. The van der Waals surface area contributed by atoms with E-state index in [0.29, 0.717) is 30.2 Å². The second-order valence-corrected chi connectivity index (χ2v) is 5.10. The minimum Gasteiger partial charge on any atom is -0.466 e. The number of carbonyl (C=O) groups excluding carboxylic acids is 2. The van der Waals surface area contributed by atoms with Gasteiger partial charge in [-0.05, 0) is 33.8 Å². The lowest BCUT2D eigenvalue weighted by atomic mass is 9.97. The Kier molecular flexibility index (Phi) is 2.92. The van der Waals surface area contributed by atoms with Gasteiger partial charge in [0.15, 0.2) is 0 Å². The second-order valence-electron chi connectivity index (χ2n) is 5.10. The van der Waals surface area contributed by atoms with Crippen molar-refractivity contribution in [3.8, 4) is 0 Å². The van der Waals surface area contributed by atoms with E-state index in [1.165, 1.54) is 0 Å². The number of amides is 2. The highest BCUT2D eigenvalue weighted by Crippen LogP contribution is 2.23. The Morgan fingerprint density at radius 3 is 2.67 bits per heavy atom. The molecular formula is C13H18N2O3. The van der Waals surface area contributed by atoms with Gasteiger partial charge in [0.2, 0.25) is 5.91 Å². The molecule has 0 unspecified atom stereocenters. The molecule has 1 N–H and O–H groups in total. The third kappa shape index (κ3) is 1.89. The van der Waals surface area contributed by atoms with Crippen molar-refractivity contribution < 1.29 is 14.0 Å². The first kappa shape index (κ1) is 12.7. The van der Waals surface area contributed by atoms with Gasteiger partial charge in [-0.25, -0.2) is 0 Å². The van der Waals surface area contributed by atoms with Crippen LogP contribution in [0.1, 0.15) is 35.7 Å². The third-order valence-electron chi connectivity index (χ3n) is 3.37. The molecule has 18 heavy (non-hydrogen) atoms. The van der Waals surface area contributed by atoms with Crippen LogP contribution in [0, 0.1) is 13.8 Å². The fourth-order valence-corrected chi connectivity index (χ4v) is 2.24. The van der Waals surface area contributed by atoms with E-state index in [1.54, 1.807) is 38.7 Å². The van der Waals surface area contributed by atoms with Crippen molar-refractivity contribution in [2.24, 2.45) is 0 Å². The molecule has 2 amide bonds. The quantitative estimate of drug-likeness (QED) is 0.815. The van der Waals surface area contributed by atoms with Gasteiger partial charge < -0.3 is 14.6 Å². The summed E-state index contributed by atoms with van der Waals surface area (Å²) in [4.78, 5) is 25.9. The molecule has 0 atom stereocenters. The van der Waals surface area contributed by atoms with Crippen molar-refractivity contribution in [2.45, 2.75) is 33.2 Å². The van der Waals surface area contributed by atoms with Gasteiger partial charge >= 0.3 is 0 Å². The molecule has 0 aliphatic carbocycles. The van der Waals surface area contributed by atoms with Crippen molar-refractivity contribution in [3.63, 3.8) is 0 Å². The van der Waals surface area contributed by atoms with Gasteiger partial charge in [0, 0.05) is 13.1 Å². The number of carbonyl (C=O) groups is 2. The van der Waals surface area contributed by atoms with Gasteiger partial charge in [-0.3, -0.25) is 9.59 Å². The summed E-state index contributed by atoms with van der Waals surface area (Å²) in [7, 11) is 0. The molecule has 1 aromatic rings. The van der Waals surface area contributed by atoms with Crippen molar-refractivity contribution in [3.05, 3.63) is 23.2 Å². The van der Waals surface area contributed by atoms with Gasteiger partial charge in [-0.1, -0.05) is 0 Å². The summed E-state index contributed by atoms with van der Waals surface area (Å²) in [5.41, 5.74) is -0.289. The fourth-order valence-electron chi connectivity index (χ4n) is 2.24. The maximum Gasteiger partial charge on any atom is 0.258 e. The zero-order valence-electron chi connectivity index (χ0n) is 11.2. The van der Waals surface area contributed by atoms with E-state index in [4.69, 9.17) is 4.42 Å². The Labute approximate surface area is 106 Å². The predicted octanol–water partition coefficient (Wildman–Crippen LogP) is 1.25. The van der Waals surface area contributed by atoms with E-state index in [0.717, 1.165) is 0 Å². The highest BCUT2D eigenvalue weighted by Gasteiger charge is 2.41. The van der Waals surface area contributed by atoms with E-state index in [2.05, 4.69) is 5.32 Å². The molecule has 2 heterocycles. The number of aryl methyl sites for hydroxylation is 2. The molecule has 0 radical (unpaired) electrons. The summed E-state index contributed by atoms with van der Waals surface area (Å²) in [5, 5.41) is 2.77. The van der Waals surface area contributed by atoms with Crippen LogP contribution < -0.4 is 5.32 Å². The van der Waals surface area contributed by atoms with Crippen molar-refractivity contribution in [2.75, 3.05) is 13.1 Å². The molecule has 1 saturated heterocycles. The summed E-state index contributed by atoms with van der Waals surface area (Å²) in [6.07, 6.45) is 0. The van der Waals surface area contributed by atoms with E-state index in [9.17, 15) is 9.59 Å². The molecule has 5 nitrogen and oxygen atoms in total. The monoisotopic (exact) mass is 250 g/mol. The highest BCUT2D eigenvalue weighted by atomic mass is 16.3. The minimum absolute atomic E-state index is 0.125. The zero-order chi connectivity index (χ0) is 13.5. The number of hydrogen-bond acceptors (Lipinski definition) is 3. The van der Waals surface area contributed by atoms with Crippen molar-refractivity contribution in [1.29, 1.82) is 0 Å². The standard InChI is InChI=1S/C13H18N2O3/c1-8-7-10(9(2)18-8)11(16)15-6-5-14-12(17)13(15,3)4/h7H,5-6H2,1-4H3,(H,14,17). The van der Waals surface area contributed by atoms with Crippen LogP contribution in [0.25, 0.3) is 0 Å². The van der Waals surface area contributed by atoms with Crippen LogP contribution in [0.3, 0.4) is 0 Å².